The molecule has 2 rings (SSSR count). The van der Waals surface area contributed by atoms with Crippen molar-refractivity contribution in [2.75, 3.05) is 17.1 Å². The van der Waals surface area contributed by atoms with Gasteiger partial charge in [-0.2, -0.15) is 0 Å². The fourth-order valence-electron chi connectivity index (χ4n) is 1.91. The average molecular weight is 395 g/mol. The van der Waals surface area contributed by atoms with E-state index in [0.717, 1.165) is 6.07 Å². The maximum Gasteiger partial charge on any atom is 0.316 e. The molecule has 0 aliphatic heterocycles. The molecular formula is C14H10F5N3O3S. The highest BCUT2D eigenvalue weighted by Gasteiger charge is 2.29. The van der Waals surface area contributed by atoms with E-state index in [1.165, 1.54) is 19.2 Å². The molecule has 6 nitrogen and oxygen atoms in total. The van der Waals surface area contributed by atoms with Crippen LogP contribution in [0.3, 0.4) is 0 Å². The van der Waals surface area contributed by atoms with Gasteiger partial charge in [-0.3, -0.25) is 0 Å². The second-order valence-corrected chi connectivity index (χ2v) is 5.82. The number of methoxy groups -OCH3 is 1. The first kappa shape index (κ1) is 19.4. The van der Waals surface area contributed by atoms with Gasteiger partial charge >= 0.3 is 6.03 Å². The molecule has 0 aliphatic rings. The van der Waals surface area contributed by atoms with Crippen molar-refractivity contribution in [1.29, 1.82) is 0 Å². The molecule has 0 radical (unpaired) electrons. The molecule has 0 heterocycles. The van der Waals surface area contributed by atoms with Crippen LogP contribution < -0.4 is 20.5 Å². The van der Waals surface area contributed by atoms with Crippen molar-refractivity contribution < 1.29 is 35.7 Å². The lowest BCUT2D eigenvalue weighted by Gasteiger charge is -2.13. The van der Waals surface area contributed by atoms with Crippen molar-refractivity contribution >= 4 is 28.4 Å². The Morgan fingerprint density at radius 3 is 2.08 bits per heavy atom. The van der Waals surface area contributed by atoms with E-state index >= 15 is 0 Å². The molecule has 2 aromatic rings. The van der Waals surface area contributed by atoms with Gasteiger partial charge in [0, 0.05) is 5.69 Å². The SMILES string of the molecule is COc1ccc(NS(=O)c2c(F)c(F)c(F)c(F)c2F)cc1NC(N)=O. The maximum atomic E-state index is 13.7. The third kappa shape index (κ3) is 3.69. The average Bonchev–Trinajstić information content (AvgIpc) is 2.58. The lowest BCUT2D eigenvalue weighted by molar-refractivity contribution is 0.259. The van der Waals surface area contributed by atoms with Crippen molar-refractivity contribution in [1.82, 2.24) is 0 Å². The first-order valence-electron chi connectivity index (χ1n) is 6.61. The number of hydrogen-bond acceptors (Lipinski definition) is 3. The number of ether oxygens (including phenoxy) is 1. The van der Waals surface area contributed by atoms with Gasteiger partial charge in [0.1, 0.15) is 10.6 Å². The number of urea groups is 1. The Kier molecular flexibility index (Phi) is 5.65. The van der Waals surface area contributed by atoms with Crippen LogP contribution in [0.1, 0.15) is 0 Å². The fraction of sp³-hybridized carbons (Fsp3) is 0.0714. The highest BCUT2D eigenvalue weighted by Crippen LogP contribution is 2.30. The van der Waals surface area contributed by atoms with E-state index in [1.807, 2.05) is 0 Å². The van der Waals surface area contributed by atoms with Crippen LogP contribution in [0.25, 0.3) is 0 Å². The van der Waals surface area contributed by atoms with Gasteiger partial charge in [-0.05, 0) is 18.2 Å². The van der Waals surface area contributed by atoms with Crippen LogP contribution in [0.2, 0.25) is 0 Å². The third-order valence-corrected chi connectivity index (χ3v) is 4.17. The molecule has 0 fully saturated rings. The van der Waals surface area contributed by atoms with Gasteiger partial charge in [0.15, 0.2) is 34.3 Å². The smallest absolute Gasteiger partial charge is 0.316 e. The summed E-state index contributed by atoms with van der Waals surface area (Å²) in [6, 6.07) is 2.69. The van der Waals surface area contributed by atoms with E-state index in [2.05, 4.69) is 10.0 Å². The van der Waals surface area contributed by atoms with Crippen LogP contribution in [0.15, 0.2) is 23.1 Å². The number of nitrogens with one attached hydrogen (secondary N) is 2. The van der Waals surface area contributed by atoms with Crippen molar-refractivity contribution in [2.24, 2.45) is 5.73 Å². The number of carbonyl (C=O) groups excluding carboxylic acids is 1. The first-order chi connectivity index (χ1) is 12.2. The van der Waals surface area contributed by atoms with Gasteiger partial charge in [0.25, 0.3) is 0 Å². The molecule has 0 spiro atoms. The van der Waals surface area contributed by atoms with E-state index < -0.39 is 51.0 Å². The Balaban J connectivity index is 2.41. The third-order valence-electron chi connectivity index (χ3n) is 3.02. The molecule has 26 heavy (non-hydrogen) atoms. The summed E-state index contributed by atoms with van der Waals surface area (Å²) in [4.78, 5) is 9.40. The lowest BCUT2D eigenvalue weighted by Crippen LogP contribution is -2.20. The Morgan fingerprint density at radius 2 is 1.58 bits per heavy atom. The zero-order valence-electron chi connectivity index (χ0n) is 12.8. The molecule has 2 amide bonds. The van der Waals surface area contributed by atoms with Crippen LogP contribution in [0, 0.1) is 29.1 Å². The van der Waals surface area contributed by atoms with Crippen molar-refractivity contribution in [2.45, 2.75) is 4.90 Å². The number of benzene rings is 2. The molecule has 4 N–H and O–H groups in total. The summed E-state index contributed by atoms with van der Waals surface area (Å²) >= 11 is 0. The number of hydrogen-bond donors (Lipinski definition) is 3. The quantitative estimate of drug-likeness (QED) is 0.413. The Hall–Kier alpha value is -2.89. The summed E-state index contributed by atoms with van der Waals surface area (Å²) in [5.74, 6) is -11.1. The largest absolute Gasteiger partial charge is 0.495 e. The summed E-state index contributed by atoms with van der Waals surface area (Å²) in [5, 5.41) is 2.18. The van der Waals surface area contributed by atoms with Crippen LogP contribution >= 0.6 is 0 Å². The maximum absolute atomic E-state index is 13.7. The van der Waals surface area contributed by atoms with E-state index in [9.17, 15) is 31.0 Å². The summed E-state index contributed by atoms with van der Waals surface area (Å²) in [6.45, 7) is 0. The number of rotatable bonds is 5. The van der Waals surface area contributed by atoms with Gasteiger partial charge in [0.2, 0.25) is 5.82 Å². The summed E-state index contributed by atoms with van der Waals surface area (Å²) in [6.07, 6.45) is 0. The van der Waals surface area contributed by atoms with E-state index in [-0.39, 0.29) is 17.1 Å². The van der Waals surface area contributed by atoms with Gasteiger partial charge < -0.3 is 20.5 Å². The van der Waals surface area contributed by atoms with Crippen LogP contribution in [-0.4, -0.2) is 17.3 Å². The molecule has 0 aliphatic carbocycles. The molecule has 0 saturated carbocycles. The Bertz CT molecular complexity index is 881. The number of nitrogens with two attached hydrogens (primary N) is 1. The minimum absolute atomic E-state index is 0.0133. The highest BCUT2D eigenvalue weighted by atomic mass is 32.2. The molecule has 12 heteroatoms. The minimum Gasteiger partial charge on any atom is -0.495 e. The molecule has 140 valence electrons. The monoisotopic (exact) mass is 395 g/mol. The van der Waals surface area contributed by atoms with Crippen LogP contribution in [0.5, 0.6) is 5.75 Å². The Morgan fingerprint density at radius 1 is 1.04 bits per heavy atom. The normalized spacial score (nSPS) is 11.8. The molecular weight excluding hydrogens is 385 g/mol. The predicted molar refractivity (Wildman–Crippen MR) is 82.5 cm³/mol. The van der Waals surface area contributed by atoms with E-state index in [0.29, 0.717) is 0 Å². The number of halogens is 5. The molecule has 0 bridgehead atoms. The summed E-state index contributed by atoms with van der Waals surface area (Å²) in [7, 11) is -1.57. The van der Waals surface area contributed by atoms with E-state index in [1.54, 1.807) is 0 Å². The number of primary amides is 1. The fourth-order valence-corrected chi connectivity index (χ4v) is 2.86. The van der Waals surface area contributed by atoms with Crippen molar-refractivity contribution in [3.05, 3.63) is 47.3 Å². The molecule has 0 saturated heterocycles. The predicted octanol–water partition coefficient (Wildman–Crippen LogP) is 3.02. The van der Waals surface area contributed by atoms with Crippen LogP contribution in [-0.2, 0) is 11.0 Å². The summed E-state index contributed by atoms with van der Waals surface area (Å²) in [5.41, 5.74) is 4.90. The zero-order valence-corrected chi connectivity index (χ0v) is 13.6. The molecule has 0 aromatic heterocycles. The van der Waals surface area contributed by atoms with Gasteiger partial charge in [0.05, 0.1) is 12.8 Å². The second-order valence-electron chi connectivity index (χ2n) is 4.67. The standard InChI is InChI=1S/C14H10F5N3O3S/c1-25-7-3-2-5(4-6(7)21-14(20)23)22-26(24)13-11(18)9(16)8(15)10(17)12(13)19/h2-4,22H,1H3,(H3,20,21,23). The Labute approximate surface area is 145 Å². The van der Waals surface area contributed by atoms with Gasteiger partial charge in [-0.25, -0.2) is 31.0 Å². The molecule has 1 atom stereocenters. The topological polar surface area (TPSA) is 93.4 Å². The first-order valence-corrected chi connectivity index (χ1v) is 7.76. The molecule has 1 unspecified atom stereocenters. The highest BCUT2D eigenvalue weighted by molar-refractivity contribution is 7.86. The van der Waals surface area contributed by atoms with Crippen molar-refractivity contribution in [3.63, 3.8) is 0 Å². The number of carbonyl (C=O) groups is 1. The van der Waals surface area contributed by atoms with E-state index in [4.69, 9.17) is 10.5 Å². The zero-order chi connectivity index (χ0) is 19.6. The van der Waals surface area contributed by atoms with Crippen molar-refractivity contribution in [3.8, 4) is 5.75 Å². The number of anilines is 2. The van der Waals surface area contributed by atoms with Gasteiger partial charge in [-0.15, -0.1) is 0 Å². The lowest BCUT2D eigenvalue weighted by atomic mass is 10.2. The second kappa shape index (κ2) is 7.56. The minimum atomic E-state index is -2.85. The summed E-state index contributed by atoms with van der Waals surface area (Å²) < 4.78 is 85.9. The molecule has 2 aromatic carbocycles. The van der Waals surface area contributed by atoms with Gasteiger partial charge in [-0.1, -0.05) is 0 Å². The van der Waals surface area contributed by atoms with Crippen LogP contribution in [0.4, 0.5) is 38.1 Å². The number of amides is 2.